The van der Waals surface area contributed by atoms with Crippen molar-refractivity contribution in [1.82, 2.24) is 5.32 Å². The van der Waals surface area contributed by atoms with Gasteiger partial charge < -0.3 is 10.2 Å². The fourth-order valence-electron chi connectivity index (χ4n) is 3.32. The molecule has 2 aromatic rings. The monoisotopic (exact) mass is 482 g/mol. The Morgan fingerprint density at radius 1 is 1.16 bits per heavy atom. The van der Waals surface area contributed by atoms with E-state index in [0.29, 0.717) is 5.56 Å². The highest BCUT2D eigenvalue weighted by Crippen LogP contribution is 2.51. The van der Waals surface area contributed by atoms with Crippen LogP contribution in [0.25, 0.3) is 0 Å². The molecule has 1 aliphatic rings. The lowest BCUT2D eigenvalue weighted by molar-refractivity contribution is -0.276. The molecule has 4 nitrogen and oxygen atoms in total. The number of carbonyl (C=O) groups is 1. The zero-order valence-electron chi connectivity index (χ0n) is 16.4. The average Bonchev–Trinajstić information content (AvgIpc) is 3.15. The predicted molar refractivity (Wildman–Crippen MR) is 101 cm³/mol. The number of aryl methyl sites for hydroxylation is 1. The highest BCUT2D eigenvalue weighted by Gasteiger charge is 2.64. The Balaban J connectivity index is 2.10. The van der Waals surface area contributed by atoms with Crippen LogP contribution in [-0.4, -0.2) is 24.8 Å². The van der Waals surface area contributed by atoms with Crippen LogP contribution in [0.2, 0.25) is 5.02 Å². The largest absolute Gasteiger partial charge is 0.435 e. The quantitative estimate of drug-likeness (QED) is 0.567. The summed E-state index contributed by atoms with van der Waals surface area (Å²) in [5, 5.41) is 4.67. The molecule has 0 radical (unpaired) electrons. The molecule has 1 aliphatic heterocycles. The Morgan fingerprint density at radius 3 is 2.34 bits per heavy atom. The van der Waals surface area contributed by atoms with Crippen LogP contribution in [0.5, 0.6) is 0 Å². The maximum atomic E-state index is 14.6. The number of amides is 1. The van der Waals surface area contributed by atoms with Crippen molar-refractivity contribution >= 4 is 23.2 Å². The second-order valence-corrected chi connectivity index (χ2v) is 7.46. The minimum Gasteiger partial charge on any atom is -0.374 e. The molecule has 1 N–H and O–H groups in total. The highest BCUT2D eigenvalue weighted by molar-refractivity contribution is 6.30. The smallest absolute Gasteiger partial charge is 0.374 e. The number of alkyl halides is 6. The van der Waals surface area contributed by atoms with Crippen molar-refractivity contribution in [2.45, 2.75) is 31.3 Å². The molecule has 0 unspecified atom stereocenters. The zero-order chi connectivity index (χ0) is 24.1. The van der Waals surface area contributed by atoms with Crippen molar-refractivity contribution in [1.29, 1.82) is 0 Å². The molecule has 1 atom stereocenters. The van der Waals surface area contributed by atoms with Crippen molar-refractivity contribution in [3.8, 4) is 0 Å². The van der Waals surface area contributed by atoms with Gasteiger partial charge in [0, 0.05) is 18.2 Å². The summed E-state index contributed by atoms with van der Waals surface area (Å²) in [5.74, 6) is -2.12. The van der Waals surface area contributed by atoms with Crippen molar-refractivity contribution in [3.63, 3.8) is 0 Å². The Kier molecular flexibility index (Phi) is 5.92. The van der Waals surface area contributed by atoms with Gasteiger partial charge in [-0.3, -0.25) is 4.79 Å². The van der Waals surface area contributed by atoms with Gasteiger partial charge in [0.05, 0.1) is 22.7 Å². The minimum atomic E-state index is -5.34. The lowest BCUT2D eigenvalue weighted by atomic mass is 9.85. The molecule has 0 aliphatic carbocycles. The van der Waals surface area contributed by atoms with E-state index in [1.807, 2.05) is 0 Å². The molecule has 12 heteroatoms. The lowest BCUT2D eigenvalue weighted by Crippen LogP contribution is -2.43. The van der Waals surface area contributed by atoms with Gasteiger partial charge >= 0.3 is 12.4 Å². The van der Waals surface area contributed by atoms with E-state index in [0.717, 1.165) is 0 Å². The van der Waals surface area contributed by atoms with Crippen LogP contribution in [0.15, 0.2) is 35.5 Å². The average molecular weight is 483 g/mol. The van der Waals surface area contributed by atoms with Gasteiger partial charge in [-0.15, -0.1) is 0 Å². The number of oxime groups is 1. The van der Waals surface area contributed by atoms with Crippen LogP contribution in [0.4, 0.5) is 30.7 Å². The van der Waals surface area contributed by atoms with Crippen molar-refractivity contribution in [2.24, 2.45) is 5.16 Å². The SMILES string of the molecule is CNC(=O)c1ccc(C2=NO[C@@](c3cc(C(F)(F)F)cc(Cl)c3F)(C(F)(F)F)C2)cc1C. The number of nitrogens with one attached hydrogen (secondary N) is 1. The van der Waals surface area contributed by atoms with Crippen molar-refractivity contribution < 1.29 is 40.4 Å². The third-order valence-corrected chi connectivity index (χ3v) is 5.28. The van der Waals surface area contributed by atoms with E-state index in [4.69, 9.17) is 11.6 Å². The van der Waals surface area contributed by atoms with Crippen LogP contribution in [0, 0.1) is 12.7 Å². The number of rotatable bonds is 3. The summed E-state index contributed by atoms with van der Waals surface area (Å²) < 4.78 is 96.3. The molecule has 0 saturated heterocycles. The first-order chi connectivity index (χ1) is 14.7. The number of hydrogen-bond donors (Lipinski definition) is 1. The molecule has 0 spiro atoms. The topological polar surface area (TPSA) is 50.7 Å². The first kappa shape index (κ1) is 23.8. The molecule has 0 aromatic heterocycles. The van der Waals surface area contributed by atoms with Gasteiger partial charge in [0.1, 0.15) is 5.82 Å². The van der Waals surface area contributed by atoms with Gasteiger partial charge in [-0.1, -0.05) is 22.8 Å². The van der Waals surface area contributed by atoms with Gasteiger partial charge in [0.25, 0.3) is 11.5 Å². The number of nitrogens with zero attached hydrogens (tertiary/aromatic N) is 1. The van der Waals surface area contributed by atoms with E-state index < -0.39 is 52.2 Å². The highest BCUT2D eigenvalue weighted by atomic mass is 35.5. The van der Waals surface area contributed by atoms with E-state index in [2.05, 4.69) is 15.3 Å². The second-order valence-electron chi connectivity index (χ2n) is 7.06. The Bertz CT molecular complexity index is 1110. The summed E-state index contributed by atoms with van der Waals surface area (Å²) in [4.78, 5) is 16.4. The van der Waals surface area contributed by atoms with Crippen LogP contribution < -0.4 is 5.32 Å². The summed E-state index contributed by atoms with van der Waals surface area (Å²) in [5.41, 5.74) is -6.02. The summed E-state index contributed by atoms with van der Waals surface area (Å²) in [6.45, 7) is 1.54. The van der Waals surface area contributed by atoms with E-state index in [1.54, 1.807) is 0 Å². The fourth-order valence-corrected chi connectivity index (χ4v) is 3.54. The third-order valence-electron chi connectivity index (χ3n) is 5.01. The number of carbonyl (C=O) groups excluding carboxylic acids is 1. The maximum Gasteiger partial charge on any atom is 0.435 e. The molecule has 172 valence electrons. The molecule has 32 heavy (non-hydrogen) atoms. The van der Waals surface area contributed by atoms with Crippen LogP contribution in [0.3, 0.4) is 0 Å². The zero-order valence-corrected chi connectivity index (χ0v) is 17.1. The normalized spacial score (nSPS) is 18.9. The minimum absolute atomic E-state index is 0.0209. The number of benzene rings is 2. The first-order valence-corrected chi connectivity index (χ1v) is 9.30. The Hall–Kier alpha value is -2.82. The first-order valence-electron chi connectivity index (χ1n) is 8.93. The molecule has 0 saturated carbocycles. The molecular weight excluding hydrogens is 469 g/mol. The van der Waals surface area contributed by atoms with Gasteiger partial charge in [0.2, 0.25) is 0 Å². The van der Waals surface area contributed by atoms with Gasteiger partial charge in [-0.05, 0) is 42.3 Å². The van der Waals surface area contributed by atoms with E-state index in [9.17, 15) is 35.5 Å². The van der Waals surface area contributed by atoms with E-state index in [-0.39, 0.29) is 29.0 Å². The molecule has 2 aromatic carbocycles. The fraction of sp³-hybridized carbons (Fsp3) is 0.300. The van der Waals surface area contributed by atoms with Gasteiger partial charge in [-0.25, -0.2) is 4.39 Å². The summed E-state index contributed by atoms with van der Waals surface area (Å²) in [6, 6.07) is 4.24. The Labute approximate surface area is 182 Å². The second kappa shape index (κ2) is 7.95. The summed E-state index contributed by atoms with van der Waals surface area (Å²) in [6.07, 6.45) is -11.5. The molecule has 0 fully saturated rings. The molecule has 3 rings (SSSR count). The van der Waals surface area contributed by atoms with Crippen LogP contribution in [-0.2, 0) is 16.6 Å². The van der Waals surface area contributed by atoms with Crippen molar-refractivity contribution in [3.05, 3.63) is 69.0 Å². The lowest BCUT2D eigenvalue weighted by Gasteiger charge is -2.30. The molecular formula is C20H14ClF7N2O2. The van der Waals surface area contributed by atoms with E-state index >= 15 is 0 Å². The maximum absolute atomic E-state index is 14.6. The standard InChI is InChI=1S/C20H14ClF7N2O2/c1-9-5-10(3-4-12(9)17(31)29-2)15-8-18(32-30-15,20(26,27)28)13-6-11(19(23,24)25)7-14(21)16(13)22/h3-7H,8H2,1-2H3,(H,29,31)/t18-/m0/s1. The summed E-state index contributed by atoms with van der Waals surface area (Å²) in [7, 11) is 1.40. The van der Waals surface area contributed by atoms with Gasteiger partial charge in [-0.2, -0.15) is 26.3 Å². The third kappa shape index (κ3) is 4.01. The predicted octanol–water partition coefficient (Wildman–Crippen LogP) is 5.75. The Morgan fingerprint density at radius 2 is 1.81 bits per heavy atom. The molecule has 0 bridgehead atoms. The van der Waals surface area contributed by atoms with Gasteiger partial charge in [0.15, 0.2) is 0 Å². The molecule has 1 heterocycles. The number of hydrogen-bond acceptors (Lipinski definition) is 3. The molecule has 1 amide bonds. The van der Waals surface area contributed by atoms with Crippen molar-refractivity contribution in [2.75, 3.05) is 7.05 Å². The van der Waals surface area contributed by atoms with Crippen LogP contribution >= 0.6 is 11.6 Å². The number of halogens is 8. The van der Waals surface area contributed by atoms with E-state index in [1.165, 1.54) is 32.2 Å². The summed E-state index contributed by atoms with van der Waals surface area (Å²) >= 11 is 5.48. The van der Waals surface area contributed by atoms with Crippen LogP contribution in [0.1, 0.15) is 39.0 Å².